The molecule has 0 atom stereocenters. The predicted molar refractivity (Wildman–Crippen MR) is 90.9 cm³/mol. The van der Waals surface area contributed by atoms with E-state index >= 15 is 0 Å². The molecule has 1 N–H and O–H groups in total. The number of rotatable bonds is 7. The number of carbonyl (C=O) groups is 2. The van der Waals surface area contributed by atoms with Crippen LogP contribution in [0.5, 0.6) is 0 Å². The molecule has 0 radical (unpaired) electrons. The van der Waals surface area contributed by atoms with Gasteiger partial charge in [0.25, 0.3) is 0 Å². The van der Waals surface area contributed by atoms with E-state index in [0.717, 1.165) is 11.1 Å². The number of carbonyl (C=O) groups excluding carboxylic acids is 2. The highest BCUT2D eigenvalue weighted by atomic mass is 35.5. The zero-order valence-corrected chi connectivity index (χ0v) is 13.5. The Balaban J connectivity index is 1.91. The first-order valence-electron chi connectivity index (χ1n) is 7.37. The smallest absolute Gasteiger partial charge is 0.239 e. The molecule has 0 aliphatic carbocycles. The molecule has 0 fully saturated rings. The van der Waals surface area contributed by atoms with Gasteiger partial charge in [-0.25, -0.2) is 0 Å². The maximum Gasteiger partial charge on any atom is 0.239 e. The molecule has 0 spiro atoms. The van der Waals surface area contributed by atoms with Gasteiger partial charge in [-0.2, -0.15) is 0 Å². The van der Waals surface area contributed by atoms with E-state index in [1.54, 1.807) is 0 Å². The van der Waals surface area contributed by atoms with Crippen molar-refractivity contribution < 1.29 is 9.59 Å². The Morgan fingerprint density at radius 1 is 0.913 bits per heavy atom. The van der Waals surface area contributed by atoms with E-state index in [-0.39, 0.29) is 24.2 Å². The molecule has 0 aromatic heterocycles. The van der Waals surface area contributed by atoms with Crippen molar-refractivity contribution in [2.75, 3.05) is 12.4 Å². The quantitative estimate of drug-likeness (QED) is 0.793. The lowest BCUT2D eigenvalue weighted by Crippen LogP contribution is -2.40. The molecule has 0 saturated heterocycles. The number of benzene rings is 2. The molecule has 5 heteroatoms. The van der Waals surface area contributed by atoms with Crippen molar-refractivity contribution in [1.29, 1.82) is 0 Å². The molecular weight excluding hydrogens is 312 g/mol. The fraction of sp³-hybridized carbons (Fsp3) is 0.222. The third kappa shape index (κ3) is 5.75. The lowest BCUT2D eigenvalue weighted by Gasteiger charge is -2.21. The van der Waals surface area contributed by atoms with E-state index in [1.807, 2.05) is 60.7 Å². The average Bonchev–Trinajstić information content (AvgIpc) is 2.60. The zero-order valence-electron chi connectivity index (χ0n) is 12.7. The number of nitrogens with one attached hydrogen (secondary N) is 1. The molecule has 120 valence electrons. The molecule has 2 rings (SSSR count). The number of alkyl halides is 1. The summed E-state index contributed by atoms with van der Waals surface area (Å²) in [7, 11) is 0. The van der Waals surface area contributed by atoms with E-state index in [2.05, 4.69) is 5.32 Å². The lowest BCUT2D eigenvalue weighted by molar-refractivity contribution is -0.134. The van der Waals surface area contributed by atoms with Gasteiger partial charge in [0.1, 0.15) is 5.88 Å². The van der Waals surface area contributed by atoms with Crippen molar-refractivity contribution in [2.45, 2.75) is 13.1 Å². The van der Waals surface area contributed by atoms with Crippen molar-refractivity contribution in [2.24, 2.45) is 0 Å². The van der Waals surface area contributed by atoms with Crippen LogP contribution in [0.2, 0.25) is 0 Å². The van der Waals surface area contributed by atoms with Gasteiger partial charge in [-0.15, -0.1) is 11.6 Å². The Morgan fingerprint density at radius 2 is 1.48 bits per heavy atom. The molecule has 0 aliphatic rings. The third-order valence-electron chi connectivity index (χ3n) is 3.35. The van der Waals surface area contributed by atoms with Crippen molar-refractivity contribution in [3.05, 3.63) is 71.8 Å². The van der Waals surface area contributed by atoms with Crippen LogP contribution in [0.3, 0.4) is 0 Å². The van der Waals surface area contributed by atoms with E-state index in [9.17, 15) is 9.59 Å². The summed E-state index contributed by atoms with van der Waals surface area (Å²) in [5, 5.41) is 2.82. The summed E-state index contributed by atoms with van der Waals surface area (Å²) < 4.78 is 0. The Bertz CT molecular complexity index is 632. The normalized spacial score (nSPS) is 10.1. The van der Waals surface area contributed by atoms with Crippen LogP contribution in [0.25, 0.3) is 0 Å². The van der Waals surface area contributed by atoms with E-state index < -0.39 is 0 Å². The fourth-order valence-corrected chi connectivity index (χ4v) is 2.32. The summed E-state index contributed by atoms with van der Waals surface area (Å²) in [6.07, 6.45) is 0. The van der Waals surface area contributed by atoms with Gasteiger partial charge in [0.2, 0.25) is 11.8 Å². The first-order chi connectivity index (χ1) is 11.2. The zero-order chi connectivity index (χ0) is 16.5. The Kier molecular flexibility index (Phi) is 6.63. The monoisotopic (exact) mass is 330 g/mol. The highest BCUT2D eigenvalue weighted by molar-refractivity contribution is 6.27. The van der Waals surface area contributed by atoms with E-state index in [1.165, 1.54) is 4.90 Å². The van der Waals surface area contributed by atoms with Crippen molar-refractivity contribution >= 4 is 23.4 Å². The largest absolute Gasteiger partial charge is 0.350 e. The van der Waals surface area contributed by atoms with Crippen molar-refractivity contribution in [3.63, 3.8) is 0 Å². The summed E-state index contributed by atoms with van der Waals surface area (Å²) in [6.45, 7) is 0.798. The highest BCUT2D eigenvalue weighted by Crippen LogP contribution is 2.05. The standard InChI is InChI=1S/C18H19ClN2O2/c19-11-18(23)21(13-16-9-5-2-6-10-16)14-17(22)20-12-15-7-3-1-4-8-15/h1-10H,11-14H2,(H,20,22). The van der Waals surface area contributed by atoms with Gasteiger partial charge in [0, 0.05) is 13.1 Å². The van der Waals surface area contributed by atoms with Crippen LogP contribution in [0.4, 0.5) is 0 Å². The first kappa shape index (κ1) is 17.0. The van der Waals surface area contributed by atoms with Gasteiger partial charge in [0.15, 0.2) is 0 Å². The number of hydrogen-bond acceptors (Lipinski definition) is 2. The topological polar surface area (TPSA) is 49.4 Å². The van der Waals surface area contributed by atoms with Crippen LogP contribution in [-0.4, -0.2) is 29.1 Å². The summed E-state index contributed by atoms with van der Waals surface area (Å²) >= 11 is 5.65. The van der Waals surface area contributed by atoms with Crippen LogP contribution in [0, 0.1) is 0 Å². The third-order valence-corrected chi connectivity index (χ3v) is 3.58. The molecule has 2 aromatic rings. The maximum absolute atomic E-state index is 12.1. The number of hydrogen-bond donors (Lipinski definition) is 1. The van der Waals surface area contributed by atoms with Gasteiger partial charge in [-0.05, 0) is 11.1 Å². The SMILES string of the molecule is O=C(CN(Cc1ccccc1)C(=O)CCl)NCc1ccccc1. The van der Waals surface area contributed by atoms with Gasteiger partial charge in [-0.3, -0.25) is 9.59 Å². The van der Waals surface area contributed by atoms with E-state index in [4.69, 9.17) is 11.6 Å². The van der Waals surface area contributed by atoms with Gasteiger partial charge in [-0.1, -0.05) is 60.7 Å². The second-order valence-electron chi connectivity index (χ2n) is 5.13. The minimum atomic E-state index is -0.259. The molecule has 23 heavy (non-hydrogen) atoms. The van der Waals surface area contributed by atoms with Crippen LogP contribution in [0.1, 0.15) is 11.1 Å². The highest BCUT2D eigenvalue weighted by Gasteiger charge is 2.16. The summed E-state index contributed by atoms with van der Waals surface area (Å²) in [5.74, 6) is -0.604. The van der Waals surface area contributed by atoms with Crippen molar-refractivity contribution in [3.8, 4) is 0 Å². The Morgan fingerprint density at radius 3 is 2.04 bits per heavy atom. The number of halogens is 1. The van der Waals surface area contributed by atoms with Gasteiger partial charge < -0.3 is 10.2 Å². The van der Waals surface area contributed by atoms with Crippen LogP contribution in [-0.2, 0) is 22.7 Å². The Labute approximate surface area is 141 Å². The van der Waals surface area contributed by atoms with Gasteiger partial charge >= 0.3 is 0 Å². The number of amides is 2. The molecule has 0 bridgehead atoms. The Hall–Kier alpha value is -2.33. The molecule has 2 amide bonds. The lowest BCUT2D eigenvalue weighted by atomic mass is 10.2. The minimum absolute atomic E-state index is 0.00667. The first-order valence-corrected chi connectivity index (χ1v) is 7.91. The predicted octanol–water partition coefficient (Wildman–Crippen LogP) is 2.57. The van der Waals surface area contributed by atoms with Crippen LogP contribution < -0.4 is 5.32 Å². The number of nitrogens with zero attached hydrogens (tertiary/aromatic N) is 1. The molecule has 2 aromatic carbocycles. The van der Waals surface area contributed by atoms with Crippen LogP contribution >= 0.6 is 11.6 Å². The van der Waals surface area contributed by atoms with Crippen LogP contribution in [0.15, 0.2) is 60.7 Å². The average molecular weight is 331 g/mol. The van der Waals surface area contributed by atoms with Crippen molar-refractivity contribution in [1.82, 2.24) is 10.2 Å². The molecular formula is C18H19ClN2O2. The summed E-state index contributed by atoms with van der Waals surface area (Å²) in [6, 6.07) is 19.2. The van der Waals surface area contributed by atoms with Gasteiger partial charge in [0.05, 0.1) is 6.54 Å². The summed E-state index contributed by atoms with van der Waals surface area (Å²) in [4.78, 5) is 25.5. The second kappa shape index (κ2) is 8.96. The second-order valence-corrected chi connectivity index (χ2v) is 5.40. The fourth-order valence-electron chi connectivity index (χ4n) is 2.15. The molecule has 0 unspecified atom stereocenters. The molecule has 0 aliphatic heterocycles. The molecule has 4 nitrogen and oxygen atoms in total. The summed E-state index contributed by atoms with van der Waals surface area (Å²) in [5.41, 5.74) is 1.97. The molecule has 0 saturated carbocycles. The van der Waals surface area contributed by atoms with E-state index in [0.29, 0.717) is 13.1 Å². The maximum atomic E-state index is 12.1. The molecule has 0 heterocycles. The minimum Gasteiger partial charge on any atom is -0.350 e.